The lowest BCUT2D eigenvalue weighted by Crippen LogP contribution is -2.34. The van der Waals surface area contributed by atoms with Gasteiger partial charge in [0.15, 0.2) is 5.69 Å². The summed E-state index contributed by atoms with van der Waals surface area (Å²) in [6.07, 6.45) is 2.23. The number of aryl methyl sites for hydroxylation is 3. The van der Waals surface area contributed by atoms with Gasteiger partial charge in [0, 0.05) is 31.2 Å². The molecule has 4 rings (SSSR count). The van der Waals surface area contributed by atoms with Gasteiger partial charge in [-0.15, -0.1) is 0 Å². The number of aromatic nitrogens is 3. The summed E-state index contributed by atoms with van der Waals surface area (Å²) in [5, 5.41) is 3.97. The molecule has 0 unspecified atom stereocenters. The highest BCUT2D eigenvalue weighted by Crippen LogP contribution is 2.34. The third-order valence-corrected chi connectivity index (χ3v) is 9.22. The molecule has 0 atom stereocenters. The van der Waals surface area contributed by atoms with Crippen LogP contribution in [-0.2, 0) is 43.6 Å². The highest BCUT2D eigenvalue weighted by Gasteiger charge is 2.32. The summed E-state index contributed by atoms with van der Waals surface area (Å²) in [5.74, 6) is 0.554. The number of anilines is 1. The van der Waals surface area contributed by atoms with Crippen molar-refractivity contribution < 1.29 is 31.9 Å². The van der Waals surface area contributed by atoms with E-state index in [4.69, 9.17) is 23.7 Å². The van der Waals surface area contributed by atoms with Crippen molar-refractivity contribution in [3.8, 4) is 11.1 Å². The average molecular weight is 639 g/mol. The van der Waals surface area contributed by atoms with E-state index in [-0.39, 0.29) is 36.7 Å². The highest BCUT2D eigenvalue weighted by atomic mass is 32.2. The number of sulfonamides is 1. The molecule has 0 fully saturated rings. The molecule has 0 aliphatic heterocycles. The van der Waals surface area contributed by atoms with Gasteiger partial charge >= 0.3 is 5.97 Å². The lowest BCUT2D eigenvalue weighted by Gasteiger charge is -2.23. The molecule has 0 amide bonds. The van der Waals surface area contributed by atoms with Gasteiger partial charge in [-0.2, -0.15) is 0 Å². The van der Waals surface area contributed by atoms with Crippen LogP contribution in [0.1, 0.15) is 66.0 Å². The summed E-state index contributed by atoms with van der Waals surface area (Å²) in [6.45, 7) is 10.3. The summed E-state index contributed by atoms with van der Waals surface area (Å²) in [6, 6.07) is 14.5. The van der Waals surface area contributed by atoms with Gasteiger partial charge in [0.25, 0.3) is 10.0 Å². The van der Waals surface area contributed by atoms with Crippen LogP contribution in [-0.4, -0.2) is 62.8 Å². The largest absolute Gasteiger partial charge is 0.461 e. The van der Waals surface area contributed by atoms with Crippen molar-refractivity contribution in [2.75, 3.05) is 38.0 Å². The summed E-state index contributed by atoms with van der Waals surface area (Å²) in [7, 11) is -2.60. The first kappa shape index (κ1) is 33.9. The smallest absolute Gasteiger partial charge is 0.356 e. The Bertz CT molecular complexity index is 1690. The van der Waals surface area contributed by atoms with Crippen molar-refractivity contribution >= 4 is 21.9 Å². The van der Waals surface area contributed by atoms with Gasteiger partial charge in [-0.25, -0.2) is 22.5 Å². The average Bonchev–Trinajstić information content (AvgIpc) is 3.55. The number of hydrogen-bond acceptors (Lipinski definition) is 9. The van der Waals surface area contributed by atoms with Gasteiger partial charge in [0.2, 0.25) is 5.88 Å². The van der Waals surface area contributed by atoms with Crippen molar-refractivity contribution in [1.29, 1.82) is 0 Å². The maximum atomic E-state index is 14.2. The Morgan fingerprint density at radius 1 is 1.02 bits per heavy atom. The molecule has 0 saturated carbocycles. The van der Waals surface area contributed by atoms with Crippen LogP contribution in [0.25, 0.3) is 11.1 Å². The fraction of sp³-hybridized carbons (Fsp3) is 0.424. The molecule has 0 saturated heterocycles. The Morgan fingerprint density at radius 3 is 2.38 bits per heavy atom. The number of benzene rings is 2. The minimum atomic E-state index is -4.15. The lowest BCUT2D eigenvalue weighted by atomic mass is 10.0. The number of methoxy groups -OCH3 is 1. The molecule has 2 heterocycles. The zero-order valence-electron chi connectivity index (χ0n) is 26.8. The molecule has 0 aliphatic carbocycles. The maximum absolute atomic E-state index is 14.2. The van der Waals surface area contributed by atoms with Crippen molar-refractivity contribution in [3.63, 3.8) is 0 Å². The van der Waals surface area contributed by atoms with Crippen LogP contribution < -0.4 is 4.31 Å². The highest BCUT2D eigenvalue weighted by molar-refractivity contribution is 7.93. The van der Waals surface area contributed by atoms with E-state index in [1.54, 1.807) is 52.1 Å². The Balaban J connectivity index is 1.70. The fourth-order valence-corrected chi connectivity index (χ4v) is 6.55. The van der Waals surface area contributed by atoms with E-state index in [0.717, 1.165) is 34.2 Å². The molecule has 4 aromatic rings. The molecule has 12 heteroatoms. The molecule has 0 spiro atoms. The number of carbonyl (C=O) groups excluding carboxylic acids is 1. The third kappa shape index (κ3) is 7.46. The number of nitrogens with zero attached hydrogens (tertiary/aromatic N) is 4. The zero-order chi connectivity index (χ0) is 32.6. The number of imidazole rings is 1. The number of esters is 1. The summed E-state index contributed by atoms with van der Waals surface area (Å²) in [4.78, 5) is 17.8. The van der Waals surface area contributed by atoms with Crippen LogP contribution in [0.4, 0.5) is 5.88 Å². The van der Waals surface area contributed by atoms with Gasteiger partial charge in [0.1, 0.15) is 12.6 Å². The van der Waals surface area contributed by atoms with Gasteiger partial charge in [-0.3, -0.25) is 0 Å². The molecular formula is C33H42N4O7S. The van der Waals surface area contributed by atoms with E-state index >= 15 is 0 Å². The SMILES string of the molecule is CCCc1nc(CC)c(C(=O)OCC)n1Cc1ccc(-c2ccccc2S(=O)(=O)N(COCCOC)c2onc(C)c2C)cc1. The second-order valence-corrected chi connectivity index (χ2v) is 12.3. The fourth-order valence-electron chi connectivity index (χ4n) is 5.00. The zero-order valence-corrected chi connectivity index (χ0v) is 27.6. The molecule has 2 aromatic heterocycles. The van der Waals surface area contributed by atoms with E-state index in [0.29, 0.717) is 47.7 Å². The van der Waals surface area contributed by atoms with Crippen LogP contribution in [0.5, 0.6) is 0 Å². The van der Waals surface area contributed by atoms with E-state index < -0.39 is 10.0 Å². The summed E-state index contributed by atoms with van der Waals surface area (Å²) in [5.41, 5.74) is 4.56. The van der Waals surface area contributed by atoms with Crippen molar-refractivity contribution in [3.05, 3.63) is 82.6 Å². The minimum Gasteiger partial charge on any atom is -0.461 e. The molecule has 0 bridgehead atoms. The first-order valence-corrected chi connectivity index (χ1v) is 16.6. The Hall–Kier alpha value is -4.00. The summed E-state index contributed by atoms with van der Waals surface area (Å²) >= 11 is 0. The van der Waals surface area contributed by atoms with E-state index in [9.17, 15) is 13.2 Å². The Morgan fingerprint density at radius 2 is 1.76 bits per heavy atom. The van der Waals surface area contributed by atoms with E-state index in [1.165, 1.54) is 0 Å². The molecule has 11 nitrogen and oxygen atoms in total. The standard InChI is InChI=1S/C33H42N4O7S/c1-7-12-30-34-28(8-2)31(33(38)43-9-3)36(30)21-25-15-17-26(18-16-25)27-13-10-11-14-29(27)45(39,40)37(22-42-20-19-41-6)32-23(4)24(5)35-44-32/h10-11,13-18H,7-9,12,19-22H2,1-6H3. The van der Waals surface area contributed by atoms with Crippen molar-refractivity contribution in [2.24, 2.45) is 0 Å². The number of carbonyl (C=O) groups is 1. The molecule has 45 heavy (non-hydrogen) atoms. The second-order valence-electron chi connectivity index (χ2n) is 10.5. The van der Waals surface area contributed by atoms with Gasteiger partial charge in [-0.05, 0) is 50.8 Å². The van der Waals surface area contributed by atoms with Gasteiger partial charge < -0.3 is 23.3 Å². The second kappa shape index (κ2) is 15.3. The van der Waals surface area contributed by atoms with Crippen LogP contribution in [0.15, 0.2) is 57.9 Å². The normalized spacial score (nSPS) is 11.6. The summed E-state index contributed by atoms with van der Waals surface area (Å²) < 4.78 is 53.0. The predicted octanol–water partition coefficient (Wildman–Crippen LogP) is 5.71. The van der Waals surface area contributed by atoms with Crippen LogP contribution in [0.2, 0.25) is 0 Å². The topological polar surface area (TPSA) is 126 Å². The van der Waals surface area contributed by atoms with Crippen LogP contribution >= 0.6 is 0 Å². The molecule has 242 valence electrons. The minimum absolute atomic E-state index is 0.0959. The predicted molar refractivity (Wildman–Crippen MR) is 171 cm³/mol. The Kier molecular flexibility index (Phi) is 11.5. The quantitative estimate of drug-likeness (QED) is 0.0862. The maximum Gasteiger partial charge on any atom is 0.356 e. The monoisotopic (exact) mass is 638 g/mol. The third-order valence-electron chi connectivity index (χ3n) is 7.46. The number of hydrogen-bond donors (Lipinski definition) is 0. The Labute approximate surface area is 265 Å². The van der Waals surface area contributed by atoms with Crippen molar-refractivity contribution in [1.82, 2.24) is 14.7 Å². The van der Waals surface area contributed by atoms with E-state index in [1.807, 2.05) is 35.8 Å². The molecular weight excluding hydrogens is 596 g/mol. The molecule has 0 N–H and O–H groups in total. The van der Waals surface area contributed by atoms with Crippen molar-refractivity contribution in [2.45, 2.75) is 65.3 Å². The van der Waals surface area contributed by atoms with Gasteiger partial charge in [0.05, 0.1) is 36.1 Å². The number of ether oxygens (including phenoxy) is 3. The lowest BCUT2D eigenvalue weighted by molar-refractivity contribution is 0.0512. The molecule has 2 aromatic carbocycles. The molecule has 0 radical (unpaired) electrons. The van der Waals surface area contributed by atoms with Crippen LogP contribution in [0.3, 0.4) is 0 Å². The van der Waals surface area contributed by atoms with E-state index in [2.05, 4.69) is 12.1 Å². The first-order chi connectivity index (χ1) is 21.7. The van der Waals surface area contributed by atoms with Gasteiger partial charge in [-0.1, -0.05) is 61.5 Å². The van der Waals surface area contributed by atoms with Crippen LogP contribution in [0, 0.1) is 13.8 Å². The first-order valence-electron chi connectivity index (χ1n) is 15.1. The molecule has 0 aliphatic rings. The number of rotatable bonds is 16.